The molecule has 0 aromatic carbocycles. The lowest BCUT2D eigenvalue weighted by Crippen LogP contribution is -2.36. The minimum Gasteiger partial charge on any atom is -0.384 e. The number of anilines is 2. The van der Waals surface area contributed by atoms with Crippen LogP contribution in [0, 0.1) is 0 Å². The molecule has 0 saturated carbocycles. The number of pyridine rings is 1. The van der Waals surface area contributed by atoms with Crippen LogP contribution in [0.2, 0.25) is 0 Å². The van der Waals surface area contributed by atoms with Crippen molar-refractivity contribution in [2.45, 2.75) is 26.0 Å². The molecule has 9 nitrogen and oxygen atoms in total. The maximum atomic E-state index is 12.1. The molecule has 4 N–H and O–H groups in total. The van der Waals surface area contributed by atoms with Gasteiger partial charge in [0.2, 0.25) is 0 Å². The van der Waals surface area contributed by atoms with Crippen molar-refractivity contribution in [3.05, 3.63) is 53.7 Å². The van der Waals surface area contributed by atoms with E-state index in [1.807, 2.05) is 6.07 Å². The van der Waals surface area contributed by atoms with Gasteiger partial charge in [0.05, 0.1) is 31.0 Å². The molecule has 0 unspecified atom stereocenters. The minimum atomic E-state index is -1.02. The molecule has 1 saturated heterocycles. The average molecular weight is 455 g/mol. The standard InChI is InChI=1S/C22H26N6O3S/c1-22(2,30)17-4-3-14(12-25-17)16-11-15(20(23)29)21(32-16)27-18-5-6-24-19(26-18)13-28-7-9-31-10-8-28/h3-6,11-12,30H,7-10,13H2,1-2H3,(H2,23,29)(H,24,26,27). The molecule has 0 atom stereocenters. The summed E-state index contributed by atoms with van der Waals surface area (Å²) >= 11 is 1.39. The number of carbonyl (C=O) groups excluding carboxylic acids is 1. The van der Waals surface area contributed by atoms with Crippen molar-refractivity contribution < 1.29 is 14.6 Å². The van der Waals surface area contributed by atoms with Gasteiger partial charge in [0.15, 0.2) is 0 Å². The Morgan fingerprint density at radius 3 is 2.72 bits per heavy atom. The van der Waals surface area contributed by atoms with Gasteiger partial charge in [-0.05, 0) is 32.0 Å². The molecule has 1 amide bonds. The van der Waals surface area contributed by atoms with Gasteiger partial charge in [0, 0.05) is 35.9 Å². The maximum absolute atomic E-state index is 12.1. The summed E-state index contributed by atoms with van der Waals surface area (Å²) in [4.78, 5) is 28.4. The van der Waals surface area contributed by atoms with E-state index in [0.717, 1.165) is 23.5 Å². The number of hydrogen-bond acceptors (Lipinski definition) is 9. The number of nitrogens with two attached hydrogens (primary N) is 1. The number of aromatic nitrogens is 3. The first-order valence-electron chi connectivity index (χ1n) is 10.3. The predicted octanol–water partition coefficient (Wildman–Crippen LogP) is 2.50. The quantitative estimate of drug-likeness (QED) is 0.497. The molecule has 0 aliphatic carbocycles. The van der Waals surface area contributed by atoms with Crippen molar-refractivity contribution in [1.29, 1.82) is 0 Å². The zero-order valence-electron chi connectivity index (χ0n) is 18.0. The number of primary amides is 1. The number of aliphatic hydroxyl groups is 1. The van der Waals surface area contributed by atoms with Gasteiger partial charge in [-0.2, -0.15) is 0 Å². The van der Waals surface area contributed by atoms with Gasteiger partial charge in [-0.25, -0.2) is 9.97 Å². The molecule has 4 heterocycles. The van der Waals surface area contributed by atoms with Crippen LogP contribution in [0.25, 0.3) is 10.4 Å². The molecule has 3 aromatic heterocycles. The van der Waals surface area contributed by atoms with Gasteiger partial charge >= 0.3 is 0 Å². The average Bonchev–Trinajstić information content (AvgIpc) is 3.18. The maximum Gasteiger partial charge on any atom is 0.251 e. The third kappa shape index (κ3) is 5.28. The second-order valence-electron chi connectivity index (χ2n) is 8.08. The normalized spacial score (nSPS) is 15.0. The first-order valence-corrected chi connectivity index (χ1v) is 11.1. The van der Waals surface area contributed by atoms with E-state index < -0.39 is 11.5 Å². The third-order valence-electron chi connectivity index (χ3n) is 5.09. The molecular formula is C22H26N6O3S. The van der Waals surface area contributed by atoms with Crippen molar-refractivity contribution in [2.75, 3.05) is 31.6 Å². The Hall–Kier alpha value is -2.92. The van der Waals surface area contributed by atoms with Gasteiger partial charge < -0.3 is 20.9 Å². The van der Waals surface area contributed by atoms with E-state index in [1.54, 1.807) is 44.4 Å². The molecule has 168 valence electrons. The van der Waals surface area contributed by atoms with Gasteiger partial charge in [-0.15, -0.1) is 11.3 Å². The summed E-state index contributed by atoms with van der Waals surface area (Å²) in [5.74, 6) is 0.758. The zero-order valence-corrected chi connectivity index (χ0v) is 18.9. The van der Waals surface area contributed by atoms with Crippen LogP contribution in [0.3, 0.4) is 0 Å². The number of nitrogens with zero attached hydrogens (tertiary/aromatic N) is 4. The molecule has 4 rings (SSSR count). The van der Waals surface area contributed by atoms with Crippen LogP contribution in [0.5, 0.6) is 0 Å². The molecule has 0 bridgehead atoms. The fraction of sp³-hybridized carbons (Fsp3) is 0.364. The van der Waals surface area contributed by atoms with Gasteiger partial charge in [-0.3, -0.25) is 14.7 Å². The molecule has 10 heteroatoms. The van der Waals surface area contributed by atoms with Crippen molar-refractivity contribution in [3.8, 4) is 10.4 Å². The lowest BCUT2D eigenvalue weighted by atomic mass is 10.0. The Kier molecular flexibility index (Phi) is 6.47. The van der Waals surface area contributed by atoms with Crippen LogP contribution in [-0.2, 0) is 16.9 Å². The molecule has 1 aliphatic heterocycles. The van der Waals surface area contributed by atoms with Crippen molar-refractivity contribution in [1.82, 2.24) is 19.9 Å². The SMILES string of the molecule is CC(C)(O)c1ccc(-c2cc(C(N)=O)c(Nc3ccnc(CN4CCOCC4)n3)s2)cn1. The van der Waals surface area contributed by atoms with Crippen LogP contribution in [0.15, 0.2) is 36.7 Å². The van der Waals surface area contributed by atoms with E-state index in [-0.39, 0.29) is 0 Å². The molecule has 1 aliphatic rings. The third-order valence-corrected chi connectivity index (χ3v) is 6.19. The highest BCUT2D eigenvalue weighted by atomic mass is 32.1. The van der Waals surface area contributed by atoms with E-state index in [4.69, 9.17) is 10.5 Å². The summed E-state index contributed by atoms with van der Waals surface area (Å²) in [6, 6.07) is 7.14. The highest BCUT2D eigenvalue weighted by Crippen LogP contribution is 2.37. The fourth-order valence-corrected chi connectivity index (χ4v) is 4.39. The van der Waals surface area contributed by atoms with Gasteiger partial charge in [0.1, 0.15) is 22.2 Å². The number of rotatable bonds is 7. The summed E-state index contributed by atoms with van der Waals surface area (Å²) in [5.41, 5.74) is 6.38. The molecule has 3 aromatic rings. The Labute approximate surface area is 190 Å². The predicted molar refractivity (Wildman–Crippen MR) is 123 cm³/mol. The van der Waals surface area contributed by atoms with Crippen LogP contribution < -0.4 is 11.1 Å². The largest absolute Gasteiger partial charge is 0.384 e. The Morgan fingerprint density at radius 2 is 2.06 bits per heavy atom. The molecule has 32 heavy (non-hydrogen) atoms. The second-order valence-corrected chi connectivity index (χ2v) is 9.13. The monoisotopic (exact) mass is 454 g/mol. The van der Waals surface area contributed by atoms with Gasteiger partial charge in [0.25, 0.3) is 5.91 Å². The minimum absolute atomic E-state index is 0.380. The Bertz CT molecular complexity index is 1090. The van der Waals surface area contributed by atoms with Crippen molar-refractivity contribution >= 4 is 28.1 Å². The second kappa shape index (κ2) is 9.29. The fourth-order valence-electron chi connectivity index (χ4n) is 3.33. The first-order chi connectivity index (χ1) is 15.3. The van der Waals surface area contributed by atoms with E-state index in [9.17, 15) is 9.90 Å². The topological polar surface area (TPSA) is 126 Å². The summed E-state index contributed by atoms with van der Waals surface area (Å²) in [7, 11) is 0. The number of nitrogens with one attached hydrogen (secondary N) is 1. The van der Waals surface area contributed by atoms with Crippen LogP contribution in [0.4, 0.5) is 10.8 Å². The highest BCUT2D eigenvalue weighted by molar-refractivity contribution is 7.19. The smallest absolute Gasteiger partial charge is 0.251 e. The number of amides is 1. The zero-order chi connectivity index (χ0) is 22.7. The van der Waals surface area contributed by atoms with E-state index in [2.05, 4.69) is 25.2 Å². The molecular weight excluding hydrogens is 428 g/mol. The van der Waals surface area contributed by atoms with Crippen LogP contribution in [0.1, 0.15) is 35.7 Å². The molecule has 0 spiro atoms. The van der Waals surface area contributed by atoms with E-state index in [1.165, 1.54) is 11.3 Å². The summed E-state index contributed by atoms with van der Waals surface area (Å²) in [6.07, 6.45) is 3.38. The van der Waals surface area contributed by atoms with E-state index in [0.29, 0.717) is 47.7 Å². The lowest BCUT2D eigenvalue weighted by molar-refractivity contribution is 0.0331. The number of hydrogen-bond donors (Lipinski definition) is 3. The Balaban J connectivity index is 1.55. The van der Waals surface area contributed by atoms with Crippen LogP contribution in [-0.4, -0.2) is 57.2 Å². The van der Waals surface area contributed by atoms with E-state index >= 15 is 0 Å². The van der Waals surface area contributed by atoms with Crippen molar-refractivity contribution in [2.24, 2.45) is 5.73 Å². The summed E-state index contributed by atoms with van der Waals surface area (Å²) < 4.78 is 5.38. The molecule has 1 fully saturated rings. The lowest BCUT2D eigenvalue weighted by Gasteiger charge is -2.25. The summed E-state index contributed by atoms with van der Waals surface area (Å²) in [5, 5.41) is 13.9. The first kappa shape index (κ1) is 22.3. The van der Waals surface area contributed by atoms with Gasteiger partial charge in [-0.1, -0.05) is 6.07 Å². The number of thiophene rings is 1. The highest BCUT2D eigenvalue weighted by Gasteiger charge is 2.20. The van der Waals surface area contributed by atoms with Crippen LogP contribution >= 0.6 is 11.3 Å². The molecule has 0 radical (unpaired) electrons. The number of morpholine rings is 1. The van der Waals surface area contributed by atoms with Crippen molar-refractivity contribution in [3.63, 3.8) is 0 Å². The summed E-state index contributed by atoms with van der Waals surface area (Å²) in [6.45, 7) is 7.12. The number of ether oxygens (including phenoxy) is 1. The number of carbonyl (C=O) groups is 1. The Morgan fingerprint density at radius 1 is 1.28 bits per heavy atom.